The molecule has 0 saturated heterocycles. The van der Waals surface area contributed by atoms with E-state index in [1.807, 2.05) is 13.8 Å². The van der Waals surface area contributed by atoms with Gasteiger partial charge in [-0.2, -0.15) is 0 Å². The molecule has 0 heterocycles. The van der Waals surface area contributed by atoms with E-state index in [1.165, 1.54) is 0 Å². The van der Waals surface area contributed by atoms with Crippen LogP contribution in [0.3, 0.4) is 0 Å². The van der Waals surface area contributed by atoms with Crippen molar-refractivity contribution in [1.82, 2.24) is 0 Å². The van der Waals surface area contributed by atoms with Gasteiger partial charge in [-0.25, -0.2) is 0 Å². The lowest BCUT2D eigenvalue weighted by molar-refractivity contribution is 0.460. The fourth-order valence-corrected chi connectivity index (χ4v) is 1.11. The molecule has 2 N–H and O–H groups in total. The Balaban J connectivity index is 3.47. The number of halogens is 1. The number of hydrogen-bond donors (Lipinski definition) is 1. The lowest BCUT2D eigenvalue weighted by atomic mass is 9.99. The zero-order valence-electron chi connectivity index (χ0n) is 6.45. The second-order valence-electron chi connectivity index (χ2n) is 3.20. The van der Waals surface area contributed by atoms with Crippen molar-refractivity contribution in [3.63, 3.8) is 0 Å². The molecule has 0 aromatic heterocycles. The molecule has 1 atom stereocenters. The highest BCUT2D eigenvalue weighted by molar-refractivity contribution is 6.20. The lowest BCUT2D eigenvalue weighted by Gasteiger charge is -2.20. The van der Waals surface area contributed by atoms with Crippen molar-refractivity contribution in [1.29, 1.82) is 0 Å². The van der Waals surface area contributed by atoms with Crippen LogP contribution in [0.5, 0.6) is 0 Å². The predicted octanol–water partition coefficient (Wildman–Crippen LogP) is 2.13. The third kappa shape index (κ3) is 6.13. The number of hydrogen-bond acceptors (Lipinski definition) is 1. The fraction of sp³-hybridized carbons (Fsp3) is 1.00. The van der Waals surface area contributed by atoms with Gasteiger partial charge in [0.25, 0.3) is 0 Å². The van der Waals surface area contributed by atoms with Crippen LogP contribution in [0.2, 0.25) is 0 Å². The highest BCUT2D eigenvalue weighted by Crippen LogP contribution is 2.14. The molecule has 0 aliphatic carbocycles. The van der Waals surface area contributed by atoms with E-state index in [-0.39, 0.29) is 10.9 Å². The third-order valence-electron chi connectivity index (χ3n) is 1.19. The highest BCUT2D eigenvalue weighted by atomic mass is 35.5. The Morgan fingerprint density at radius 1 is 1.56 bits per heavy atom. The molecule has 0 aliphatic rings. The van der Waals surface area contributed by atoms with Crippen molar-refractivity contribution in [3.05, 3.63) is 0 Å². The molecule has 0 aromatic rings. The summed E-state index contributed by atoms with van der Waals surface area (Å²) in [5.41, 5.74) is 5.62. The van der Waals surface area contributed by atoms with Crippen molar-refractivity contribution in [2.24, 2.45) is 5.73 Å². The Morgan fingerprint density at radius 2 is 2.00 bits per heavy atom. The molecule has 1 unspecified atom stereocenters. The zero-order valence-corrected chi connectivity index (χ0v) is 7.20. The quantitative estimate of drug-likeness (QED) is 0.612. The summed E-state index contributed by atoms with van der Waals surface area (Å²) < 4.78 is 0. The van der Waals surface area contributed by atoms with Crippen LogP contribution in [0.15, 0.2) is 0 Å². The molecule has 0 fully saturated rings. The summed E-state index contributed by atoms with van der Waals surface area (Å²) >= 11 is 5.87. The molecule has 0 spiro atoms. The van der Waals surface area contributed by atoms with Gasteiger partial charge in [-0.3, -0.25) is 0 Å². The molecule has 0 aliphatic heterocycles. The van der Waals surface area contributed by atoms with E-state index in [2.05, 4.69) is 6.92 Å². The molecule has 0 aromatic carbocycles. The zero-order chi connectivity index (χ0) is 7.49. The molecule has 0 radical (unpaired) electrons. The maximum Gasteiger partial charge on any atom is 0.0350 e. The van der Waals surface area contributed by atoms with Gasteiger partial charge in [0.15, 0.2) is 0 Å². The number of rotatable bonds is 3. The Bertz CT molecular complexity index is 75.5. The van der Waals surface area contributed by atoms with Crippen molar-refractivity contribution in [2.75, 3.05) is 0 Å². The molecule has 0 saturated carbocycles. The van der Waals surface area contributed by atoms with Crippen LogP contribution in [0.25, 0.3) is 0 Å². The molecule has 0 bridgehead atoms. The Hall–Kier alpha value is 0.250. The molecule has 1 nitrogen and oxygen atoms in total. The molecule has 2 heteroatoms. The summed E-state index contributed by atoms with van der Waals surface area (Å²) in [6, 6.07) is 0. The smallest absolute Gasteiger partial charge is 0.0350 e. The molecule has 0 rings (SSSR count). The van der Waals surface area contributed by atoms with Gasteiger partial charge in [0.2, 0.25) is 0 Å². The molecule has 0 amide bonds. The Morgan fingerprint density at radius 3 is 2.11 bits per heavy atom. The monoisotopic (exact) mass is 149 g/mol. The van der Waals surface area contributed by atoms with Gasteiger partial charge in [-0.1, -0.05) is 6.92 Å². The first kappa shape index (κ1) is 9.25. The minimum Gasteiger partial charge on any atom is -0.326 e. The van der Waals surface area contributed by atoms with Gasteiger partial charge in [0.1, 0.15) is 0 Å². The standard InChI is InChI=1S/C7H16ClN/c1-4-6(8)5-7(2,3)9/h6H,4-5,9H2,1-3H3. The Kier molecular flexibility index (Phi) is 3.52. The summed E-state index contributed by atoms with van der Waals surface area (Å²) in [7, 11) is 0. The maximum atomic E-state index is 5.87. The third-order valence-corrected chi connectivity index (χ3v) is 1.65. The molecule has 9 heavy (non-hydrogen) atoms. The first-order chi connectivity index (χ1) is 3.95. The minimum absolute atomic E-state index is 0.109. The summed E-state index contributed by atoms with van der Waals surface area (Å²) in [5, 5.41) is 0.241. The van der Waals surface area contributed by atoms with Gasteiger partial charge in [-0.05, 0) is 26.7 Å². The summed E-state index contributed by atoms with van der Waals surface area (Å²) in [4.78, 5) is 0. The van der Waals surface area contributed by atoms with E-state index in [9.17, 15) is 0 Å². The van der Waals surface area contributed by atoms with Crippen molar-refractivity contribution in [2.45, 2.75) is 44.5 Å². The van der Waals surface area contributed by atoms with E-state index in [4.69, 9.17) is 17.3 Å². The van der Waals surface area contributed by atoms with Crippen LogP contribution in [0.4, 0.5) is 0 Å². The first-order valence-corrected chi connectivity index (χ1v) is 3.82. The van der Waals surface area contributed by atoms with Crippen molar-refractivity contribution >= 4 is 11.6 Å². The van der Waals surface area contributed by atoms with E-state index < -0.39 is 0 Å². The van der Waals surface area contributed by atoms with E-state index >= 15 is 0 Å². The van der Waals surface area contributed by atoms with Gasteiger partial charge in [0, 0.05) is 10.9 Å². The largest absolute Gasteiger partial charge is 0.326 e. The van der Waals surface area contributed by atoms with E-state index in [1.54, 1.807) is 0 Å². The summed E-state index contributed by atoms with van der Waals surface area (Å²) in [6.45, 7) is 6.07. The SMILES string of the molecule is CCC(Cl)CC(C)(C)N. The summed E-state index contributed by atoms with van der Waals surface area (Å²) in [6.07, 6.45) is 1.90. The molecular weight excluding hydrogens is 134 g/mol. The number of alkyl halides is 1. The molecule has 56 valence electrons. The van der Waals surface area contributed by atoms with Gasteiger partial charge < -0.3 is 5.73 Å². The van der Waals surface area contributed by atoms with Gasteiger partial charge in [0.05, 0.1) is 0 Å². The van der Waals surface area contributed by atoms with Crippen LogP contribution in [-0.2, 0) is 0 Å². The summed E-state index contributed by atoms with van der Waals surface area (Å²) in [5.74, 6) is 0. The molecular formula is C7H16ClN. The number of nitrogens with two attached hydrogens (primary N) is 1. The maximum absolute atomic E-state index is 5.87. The van der Waals surface area contributed by atoms with Crippen LogP contribution in [-0.4, -0.2) is 10.9 Å². The first-order valence-electron chi connectivity index (χ1n) is 3.38. The second-order valence-corrected chi connectivity index (χ2v) is 3.82. The van der Waals surface area contributed by atoms with Crippen molar-refractivity contribution in [3.8, 4) is 0 Å². The average molecular weight is 150 g/mol. The van der Waals surface area contributed by atoms with Crippen LogP contribution >= 0.6 is 11.6 Å². The second kappa shape index (κ2) is 3.43. The van der Waals surface area contributed by atoms with Crippen LogP contribution in [0, 0.1) is 0 Å². The van der Waals surface area contributed by atoms with Crippen molar-refractivity contribution < 1.29 is 0 Å². The highest BCUT2D eigenvalue weighted by Gasteiger charge is 2.14. The van der Waals surface area contributed by atoms with E-state index in [0.717, 1.165) is 12.8 Å². The van der Waals surface area contributed by atoms with Crippen LogP contribution in [0.1, 0.15) is 33.6 Å². The van der Waals surface area contributed by atoms with Crippen LogP contribution < -0.4 is 5.73 Å². The van der Waals surface area contributed by atoms with E-state index in [0.29, 0.717) is 0 Å². The topological polar surface area (TPSA) is 26.0 Å². The normalized spacial score (nSPS) is 15.7. The lowest BCUT2D eigenvalue weighted by Crippen LogP contribution is -2.34. The van der Waals surface area contributed by atoms with Gasteiger partial charge >= 0.3 is 0 Å². The average Bonchev–Trinajstić information content (AvgIpc) is 1.62. The van der Waals surface area contributed by atoms with Gasteiger partial charge in [-0.15, -0.1) is 11.6 Å². The predicted molar refractivity (Wildman–Crippen MR) is 42.8 cm³/mol. The Labute approximate surface area is 62.6 Å². The minimum atomic E-state index is -0.109. The fourth-order valence-electron chi connectivity index (χ4n) is 0.715.